The molecule has 0 aliphatic carbocycles. The molecule has 1 atom stereocenters. The largest absolute Gasteiger partial charge is 0.496 e. The number of amides is 2. The van der Waals surface area contributed by atoms with Crippen LogP contribution in [0.15, 0.2) is 53.4 Å². The minimum absolute atomic E-state index is 0.0409. The van der Waals surface area contributed by atoms with Crippen molar-refractivity contribution in [3.05, 3.63) is 59.7 Å². The molecule has 0 aromatic heterocycles. The number of primary amides is 1. The molecule has 0 aliphatic rings. The molecule has 2 aromatic rings. The van der Waals surface area contributed by atoms with E-state index in [2.05, 4.69) is 5.32 Å². The van der Waals surface area contributed by atoms with Gasteiger partial charge in [0.2, 0.25) is 5.91 Å². The molecule has 0 radical (unpaired) electrons. The van der Waals surface area contributed by atoms with E-state index in [0.717, 1.165) is 17.3 Å². The molecule has 148 valence electrons. The minimum atomic E-state index is -0.989. The third kappa shape index (κ3) is 6.02. The first kappa shape index (κ1) is 21.3. The smallest absolute Gasteiger partial charge is 0.340 e. The molecular weight excluding hydrogens is 380 g/mol. The Morgan fingerprint density at radius 1 is 1.11 bits per heavy atom. The Morgan fingerprint density at radius 3 is 2.50 bits per heavy atom. The lowest BCUT2D eigenvalue weighted by atomic mass is 10.2. The topological polar surface area (TPSA) is 108 Å². The molecule has 2 amide bonds. The van der Waals surface area contributed by atoms with Crippen LogP contribution >= 0.6 is 11.8 Å². The van der Waals surface area contributed by atoms with Gasteiger partial charge < -0.3 is 20.5 Å². The minimum Gasteiger partial charge on any atom is -0.496 e. The van der Waals surface area contributed by atoms with E-state index in [0.29, 0.717) is 10.6 Å². The average molecular weight is 402 g/mol. The first-order chi connectivity index (χ1) is 13.4. The lowest BCUT2D eigenvalue weighted by Crippen LogP contribution is -2.35. The van der Waals surface area contributed by atoms with Crippen molar-refractivity contribution in [3.63, 3.8) is 0 Å². The fraction of sp³-hybridized carbons (Fsp3) is 0.250. The maximum atomic E-state index is 12.4. The second kappa shape index (κ2) is 10.4. The van der Waals surface area contributed by atoms with Crippen LogP contribution in [0.4, 0.5) is 0 Å². The maximum Gasteiger partial charge on any atom is 0.340 e. The number of benzene rings is 2. The van der Waals surface area contributed by atoms with Crippen molar-refractivity contribution in [2.24, 2.45) is 5.73 Å². The normalized spacial score (nSPS) is 11.4. The zero-order valence-electron chi connectivity index (χ0n) is 15.6. The van der Waals surface area contributed by atoms with Gasteiger partial charge in [0.25, 0.3) is 5.91 Å². The van der Waals surface area contributed by atoms with Crippen LogP contribution in [0.1, 0.15) is 22.8 Å². The van der Waals surface area contributed by atoms with Crippen molar-refractivity contribution in [3.8, 4) is 5.75 Å². The molecule has 0 unspecified atom stereocenters. The molecule has 0 fully saturated rings. The van der Waals surface area contributed by atoms with Crippen LogP contribution in [0, 0.1) is 0 Å². The van der Waals surface area contributed by atoms with Crippen LogP contribution in [0.5, 0.6) is 5.75 Å². The highest BCUT2D eigenvalue weighted by atomic mass is 32.2. The molecule has 0 spiro atoms. The quantitative estimate of drug-likeness (QED) is 0.491. The average Bonchev–Trinajstić information content (AvgIpc) is 2.70. The van der Waals surface area contributed by atoms with E-state index in [1.807, 2.05) is 18.2 Å². The third-order valence-electron chi connectivity index (χ3n) is 3.78. The predicted octanol–water partition coefficient (Wildman–Crippen LogP) is 2.13. The monoisotopic (exact) mass is 402 g/mol. The van der Waals surface area contributed by atoms with Gasteiger partial charge >= 0.3 is 5.97 Å². The number of para-hydroxylation sites is 1. The van der Waals surface area contributed by atoms with Gasteiger partial charge in [-0.05, 0) is 25.1 Å². The summed E-state index contributed by atoms with van der Waals surface area (Å²) in [5.74, 6) is -0.863. The molecule has 0 bridgehead atoms. The number of nitrogens with one attached hydrogen (secondary N) is 1. The van der Waals surface area contributed by atoms with Gasteiger partial charge in [-0.3, -0.25) is 9.59 Å². The second-order valence-electron chi connectivity index (χ2n) is 5.83. The Kier molecular flexibility index (Phi) is 7.88. The van der Waals surface area contributed by atoms with Crippen molar-refractivity contribution < 1.29 is 23.9 Å². The van der Waals surface area contributed by atoms with Gasteiger partial charge in [-0.2, -0.15) is 0 Å². The number of hydrogen-bond donors (Lipinski definition) is 2. The van der Waals surface area contributed by atoms with Crippen molar-refractivity contribution in [2.75, 3.05) is 12.9 Å². The van der Waals surface area contributed by atoms with E-state index in [4.69, 9.17) is 15.2 Å². The van der Waals surface area contributed by atoms with Crippen LogP contribution < -0.4 is 15.8 Å². The fourth-order valence-corrected chi connectivity index (χ4v) is 3.14. The molecular formula is C20H22N2O5S. The van der Waals surface area contributed by atoms with Crippen LogP contribution in [0.3, 0.4) is 0 Å². The summed E-state index contributed by atoms with van der Waals surface area (Å²) < 4.78 is 10.5. The summed E-state index contributed by atoms with van der Waals surface area (Å²) in [6.45, 7) is 1.74. The summed E-state index contributed by atoms with van der Waals surface area (Å²) in [4.78, 5) is 36.3. The van der Waals surface area contributed by atoms with E-state index >= 15 is 0 Å². The van der Waals surface area contributed by atoms with E-state index in [1.165, 1.54) is 6.92 Å². The molecule has 3 N–H and O–H groups in total. The highest BCUT2D eigenvalue weighted by Gasteiger charge is 2.21. The fourth-order valence-electron chi connectivity index (χ4n) is 2.36. The van der Waals surface area contributed by atoms with Crippen LogP contribution in [-0.2, 0) is 20.9 Å². The van der Waals surface area contributed by atoms with Crippen LogP contribution in [0.25, 0.3) is 0 Å². The number of thioether (sulfide) groups is 1. The van der Waals surface area contributed by atoms with Gasteiger partial charge in [-0.15, -0.1) is 11.8 Å². The predicted molar refractivity (Wildman–Crippen MR) is 106 cm³/mol. The molecule has 8 heteroatoms. The standard InChI is InChI=1S/C20H22N2O5S/c1-13(19(24)22-11-14-7-3-5-9-16(14)26-2)27-20(25)15-8-4-6-10-17(15)28-12-18(21)23/h3-10,13H,11-12H2,1-2H3,(H2,21,23)(H,22,24)/t13-/m0/s1. The van der Waals surface area contributed by atoms with Gasteiger partial charge in [0.05, 0.1) is 18.4 Å². The van der Waals surface area contributed by atoms with Crippen molar-refractivity contribution in [1.82, 2.24) is 5.32 Å². The molecule has 28 heavy (non-hydrogen) atoms. The van der Waals surface area contributed by atoms with Crippen LogP contribution in [0.2, 0.25) is 0 Å². The zero-order valence-corrected chi connectivity index (χ0v) is 16.5. The first-order valence-corrected chi connectivity index (χ1v) is 9.51. The summed E-state index contributed by atoms with van der Waals surface area (Å²) in [6.07, 6.45) is -0.989. The Hall–Kier alpha value is -3.00. The van der Waals surface area contributed by atoms with E-state index in [1.54, 1.807) is 37.4 Å². The maximum absolute atomic E-state index is 12.4. The molecule has 2 rings (SSSR count). The number of rotatable bonds is 9. The number of methoxy groups -OCH3 is 1. The van der Waals surface area contributed by atoms with Gasteiger partial charge in [0.15, 0.2) is 6.10 Å². The first-order valence-electron chi connectivity index (χ1n) is 8.53. The third-order valence-corrected chi connectivity index (χ3v) is 4.87. The number of esters is 1. The molecule has 0 saturated heterocycles. The lowest BCUT2D eigenvalue weighted by Gasteiger charge is -2.15. The van der Waals surface area contributed by atoms with Gasteiger partial charge in [0.1, 0.15) is 5.75 Å². The molecule has 0 heterocycles. The Morgan fingerprint density at radius 2 is 1.79 bits per heavy atom. The summed E-state index contributed by atoms with van der Waals surface area (Å²) in [5, 5.41) is 2.72. The molecule has 7 nitrogen and oxygen atoms in total. The Balaban J connectivity index is 1.96. The number of ether oxygens (including phenoxy) is 2. The van der Waals surface area contributed by atoms with Crippen molar-refractivity contribution in [1.29, 1.82) is 0 Å². The van der Waals surface area contributed by atoms with E-state index < -0.39 is 23.9 Å². The number of hydrogen-bond acceptors (Lipinski definition) is 6. The number of carbonyl (C=O) groups excluding carboxylic acids is 3. The summed E-state index contributed by atoms with van der Waals surface area (Å²) >= 11 is 1.14. The molecule has 0 saturated carbocycles. The summed E-state index contributed by atoms with van der Waals surface area (Å²) in [7, 11) is 1.55. The lowest BCUT2D eigenvalue weighted by molar-refractivity contribution is -0.129. The highest BCUT2D eigenvalue weighted by molar-refractivity contribution is 8.00. The van der Waals surface area contributed by atoms with Crippen molar-refractivity contribution >= 4 is 29.5 Å². The molecule has 2 aromatic carbocycles. The second-order valence-corrected chi connectivity index (χ2v) is 6.85. The van der Waals surface area contributed by atoms with E-state index in [9.17, 15) is 14.4 Å². The number of nitrogens with two attached hydrogens (primary N) is 1. The number of carbonyl (C=O) groups is 3. The Bertz CT molecular complexity index is 856. The Labute approximate surface area is 167 Å². The van der Waals surface area contributed by atoms with Gasteiger partial charge in [0, 0.05) is 17.0 Å². The highest BCUT2D eigenvalue weighted by Crippen LogP contribution is 2.23. The summed E-state index contributed by atoms with van der Waals surface area (Å²) in [5.41, 5.74) is 6.24. The summed E-state index contributed by atoms with van der Waals surface area (Å²) in [6, 6.07) is 14.0. The molecule has 0 aliphatic heterocycles. The van der Waals surface area contributed by atoms with Gasteiger partial charge in [-0.1, -0.05) is 30.3 Å². The van der Waals surface area contributed by atoms with Crippen LogP contribution in [-0.4, -0.2) is 36.8 Å². The van der Waals surface area contributed by atoms with Gasteiger partial charge in [-0.25, -0.2) is 4.79 Å². The SMILES string of the molecule is COc1ccccc1CNC(=O)[C@H](C)OC(=O)c1ccccc1SCC(N)=O. The van der Waals surface area contributed by atoms with E-state index in [-0.39, 0.29) is 17.9 Å². The van der Waals surface area contributed by atoms with Crippen molar-refractivity contribution in [2.45, 2.75) is 24.5 Å². The zero-order chi connectivity index (χ0) is 20.5.